The lowest BCUT2D eigenvalue weighted by molar-refractivity contribution is -0.143. The largest absolute Gasteiger partial charge is 0.489 e. The van der Waals surface area contributed by atoms with Crippen molar-refractivity contribution in [3.05, 3.63) is 78.2 Å². The average Bonchev–Trinajstić information content (AvgIpc) is 3.36. The highest BCUT2D eigenvalue weighted by molar-refractivity contribution is 7.98. The van der Waals surface area contributed by atoms with Crippen molar-refractivity contribution in [2.24, 2.45) is 0 Å². The molecule has 0 saturated heterocycles. The van der Waals surface area contributed by atoms with Gasteiger partial charge in [-0.05, 0) is 61.6 Å². The first-order valence-electron chi connectivity index (χ1n) is 11.4. The third-order valence-corrected chi connectivity index (χ3v) is 6.29. The minimum Gasteiger partial charge on any atom is -0.489 e. The van der Waals surface area contributed by atoms with E-state index in [9.17, 15) is 4.79 Å². The van der Waals surface area contributed by atoms with Crippen LogP contribution in [0, 0.1) is 11.8 Å². The maximum atomic E-state index is 11.9. The van der Waals surface area contributed by atoms with E-state index < -0.39 is 0 Å². The van der Waals surface area contributed by atoms with Gasteiger partial charge >= 0.3 is 5.97 Å². The van der Waals surface area contributed by atoms with Crippen molar-refractivity contribution in [1.29, 1.82) is 0 Å². The van der Waals surface area contributed by atoms with Crippen LogP contribution in [0.1, 0.15) is 37.3 Å². The zero-order valence-corrected chi connectivity index (χ0v) is 20.8. The number of pyridine rings is 1. The summed E-state index contributed by atoms with van der Waals surface area (Å²) in [7, 11) is 0. The predicted octanol–water partition coefficient (Wildman–Crippen LogP) is 5.76. The molecular weight excluding hydrogens is 458 g/mol. The summed E-state index contributed by atoms with van der Waals surface area (Å²) in [5.41, 5.74) is 4.81. The number of esters is 1. The Kier molecular flexibility index (Phi) is 8.07. The Bertz CT molecular complexity index is 1350. The molecule has 0 saturated carbocycles. The van der Waals surface area contributed by atoms with Gasteiger partial charge in [-0.3, -0.25) is 4.79 Å². The van der Waals surface area contributed by atoms with Gasteiger partial charge in [-0.1, -0.05) is 30.2 Å². The lowest BCUT2D eigenvalue weighted by atomic mass is 9.96. The van der Waals surface area contributed by atoms with E-state index in [0.29, 0.717) is 13.2 Å². The van der Waals surface area contributed by atoms with E-state index in [4.69, 9.17) is 9.47 Å². The molecule has 6 nitrogen and oxygen atoms in total. The number of nitrogens with zero attached hydrogens (tertiary/aromatic N) is 3. The molecule has 4 aromatic rings. The van der Waals surface area contributed by atoms with Crippen LogP contribution in [0.25, 0.3) is 16.8 Å². The fourth-order valence-corrected chi connectivity index (χ4v) is 4.22. The molecule has 2 heterocycles. The summed E-state index contributed by atoms with van der Waals surface area (Å²) in [6, 6.07) is 18.2. The molecule has 7 heteroatoms. The van der Waals surface area contributed by atoms with Gasteiger partial charge in [-0.25, -0.2) is 9.50 Å². The van der Waals surface area contributed by atoms with Gasteiger partial charge in [0, 0.05) is 22.2 Å². The maximum Gasteiger partial charge on any atom is 0.307 e. The monoisotopic (exact) mass is 485 g/mol. The highest BCUT2D eigenvalue weighted by Gasteiger charge is 2.15. The first-order chi connectivity index (χ1) is 17.1. The molecule has 1 unspecified atom stereocenters. The molecule has 0 spiro atoms. The molecule has 0 N–H and O–H groups in total. The minimum absolute atomic E-state index is 0.210. The van der Waals surface area contributed by atoms with Crippen molar-refractivity contribution >= 4 is 23.4 Å². The Hall–Kier alpha value is -3.76. The summed E-state index contributed by atoms with van der Waals surface area (Å²) in [5.74, 6) is 6.27. The van der Waals surface area contributed by atoms with Crippen molar-refractivity contribution in [2.45, 2.75) is 37.7 Å². The molecule has 4 rings (SSSR count). The quantitative estimate of drug-likeness (QED) is 0.171. The van der Waals surface area contributed by atoms with E-state index in [1.165, 1.54) is 4.90 Å². The molecule has 2 aromatic carbocycles. The summed E-state index contributed by atoms with van der Waals surface area (Å²) in [6.07, 6.45) is 5.82. The van der Waals surface area contributed by atoms with Crippen molar-refractivity contribution in [3.8, 4) is 28.7 Å². The van der Waals surface area contributed by atoms with E-state index in [0.717, 1.165) is 33.7 Å². The van der Waals surface area contributed by atoms with Gasteiger partial charge in [0.25, 0.3) is 0 Å². The number of carbonyl (C=O) groups excluding carboxylic acids is 1. The average molecular weight is 486 g/mol. The Labute approximate surface area is 209 Å². The number of ether oxygens (including phenoxy) is 2. The molecule has 0 bridgehead atoms. The number of aromatic nitrogens is 3. The van der Waals surface area contributed by atoms with E-state index >= 15 is 0 Å². The second-order valence-corrected chi connectivity index (χ2v) is 8.70. The lowest BCUT2D eigenvalue weighted by Crippen LogP contribution is -2.09. The Morgan fingerprint density at radius 1 is 1.11 bits per heavy atom. The topological polar surface area (TPSA) is 65.7 Å². The molecule has 0 amide bonds. The van der Waals surface area contributed by atoms with Gasteiger partial charge in [-0.2, -0.15) is 5.10 Å². The molecule has 0 fully saturated rings. The second-order valence-electron chi connectivity index (χ2n) is 7.82. The summed E-state index contributed by atoms with van der Waals surface area (Å²) in [6.45, 7) is 4.28. The molecular formula is C28H27N3O3S. The van der Waals surface area contributed by atoms with Crippen LogP contribution in [0.5, 0.6) is 5.75 Å². The summed E-state index contributed by atoms with van der Waals surface area (Å²) >= 11 is 1.72. The van der Waals surface area contributed by atoms with Crippen LogP contribution in [0.4, 0.5) is 0 Å². The van der Waals surface area contributed by atoms with Gasteiger partial charge in [-0.15, -0.1) is 17.7 Å². The molecule has 0 radical (unpaired) electrons. The number of hydrogen-bond donors (Lipinski definition) is 0. The van der Waals surface area contributed by atoms with Gasteiger partial charge < -0.3 is 9.47 Å². The van der Waals surface area contributed by atoms with Crippen molar-refractivity contribution in [1.82, 2.24) is 14.6 Å². The fraction of sp³-hybridized carbons (Fsp3) is 0.250. The van der Waals surface area contributed by atoms with Crippen LogP contribution in [0.2, 0.25) is 0 Å². The number of fused-ring (bicyclic) bond motifs is 1. The van der Waals surface area contributed by atoms with Gasteiger partial charge in [0.2, 0.25) is 0 Å². The van der Waals surface area contributed by atoms with Crippen molar-refractivity contribution < 1.29 is 14.3 Å². The van der Waals surface area contributed by atoms with Gasteiger partial charge in [0.15, 0.2) is 5.65 Å². The fourth-order valence-electron chi connectivity index (χ4n) is 3.81. The van der Waals surface area contributed by atoms with E-state index in [1.807, 2.05) is 30.5 Å². The zero-order chi connectivity index (χ0) is 24.6. The number of benzene rings is 2. The minimum atomic E-state index is -0.249. The standard InChI is InChI=1S/C28H27N3O3S/c1-4-6-22(16-27(32)33-5-2)20-7-11-25(12-8-20)34-18-24-15-23(17-31-28(24)29-19-30-31)21-9-13-26(35-3)14-10-21/h7-15,17,19,22H,5,16,18H2,1-3H3. The SMILES string of the molecule is CC#CC(CC(=O)OCC)c1ccc(OCc2cc(-c3ccc(SC)cc3)cn3ncnc23)cc1. The molecule has 0 aliphatic rings. The normalized spacial score (nSPS) is 11.5. The first kappa shape index (κ1) is 24.4. The molecule has 0 aliphatic heterocycles. The molecule has 2 aromatic heterocycles. The highest BCUT2D eigenvalue weighted by Crippen LogP contribution is 2.27. The van der Waals surface area contributed by atoms with Crippen LogP contribution in [-0.4, -0.2) is 33.4 Å². The van der Waals surface area contributed by atoms with Crippen LogP contribution in [0.3, 0.4) is 0 Å². The van der Waals surface area contributed by atoms with E-state index in [2.05, 4.69) is 58.5 Å². The van der Waals surface area contributed by atoms with Gasteiger partial charge in [0.1, 0.15) is 18.7 Å². The van der Waals surface area contributed by atoms with Crippen LogP contribution in [-0.2, 0) is 16.1 Å². The number of hydrogen-bond acceptors (Lipinski definition) is 6. The molecule has 0 aliphatic carbocycles. The van der Waals surface area contributed by atoms with Crippen molar-refractivity contribution in [2.75, 3.05) is 12.9 Å². The van der Waals surface area contributed by atoms with Gasteiger partial charge in [0.05, 0.1) is 18.9 Å². The Morgan fingerprint density at radius 2 is 1.89 bits per heavy atom. The smallest absolute Gasteiger partial charge is 0.307 e. The van der Waals surface area contributed by atoms with E-state index in [1.54, 1.807) is 36.5 Å². The number of thioether (sulfide) groups is 1. The number of rotatable bonds is 9. The number of carbonyl (C=O) groups is 1. The van der Waals surface area contributed by atoms with Crippen LogP contribution >= 0.6 is 11.8 Å². The molecule has 1 atom stereocenters. The zero-order valence-electron chi connectivity index (χ0n) is 20.0. The highest BCUT2D eigenvalue weighted by atomic mass is 32.2. The maximum absolute atomic E-state index is 11.9. The summed E-state index contributed by atoms with van der Waals surface area (Å²) in [4.78, 5) is 17.6. The van der Waals surface area contributed by atoms with E-state index in [-0.39, 0.29) is 18.3 Å². The molecule has 178 valence electrons. The molecule has 35 heavy (non-hydrogen) atoms. The lowest BCUT2D eigenvalue weighted by Gasteiger charge is -2.13. The third kappa shape index (κ3) is 6.03. The predicted molar refractivity (Wildman–Crippen MR) is 138 cm³/mol. The summed E-state index contributed by atoms with van der Waals surface area (Å²) in [5, 5.41) is 4.33. The van der Waals surface area contributed by atoms with Crippen LogP contribution in [0.15, 0.2) is 72.0 Å². The van der Waals surface area contributed by atoms with Crippen LogP contribution < -0.4 is 4.74 Å². The second kappa shape index (κ2) is 11.6. The summed E-state index contributed by atoms with van der Waals surface area (Å²) < 4.78 is 13.0. The first-order valence-corrected chi connectivity index (χ1v) is 12.6. The van der Waals surface area contributed by atoms with Crippen molar-refractivity contribution in [3.63, 3.8) is 0 Å². The third-order valence-electron chi connectivity index (χ3n) is 5.55. The Morgan fingerprint density at radius 3 is 2.57 bits per heavy atom. The Balaban J connectivity index is 1.51.